The summed E-state index contributed by atoms with van der Waals surface area (Å²) in [6, 6.07) is 14.7. The Hall–Kier alpha value is -3.48. The first-order chi connectivity index (χ1) is 12.2. The summed E-state index contributed by atoms with van der Waals surface area (Å²) >= 11 is 0. The summed E-state index contributed by atoms with van der Waals surface area (Å²) in [7, 11) is 0. The van der Waals surface area contributed by atoms with Crippen LogP contribution in [0.1, 0.15) is 6.92 Å². The van der Waals surface area contributed by atoms with Crippen molar-refractivity contribution in [3.63, 3.8) is 0 Å². The Balaban J connectivity index is 1.88. The van der Waals surface area contributed by atoms with E-state index in [9.17, 15) is 9.90 Å². The number of aromatic hydroxyl groups is 1. The van der Waals surface area contributed by atoms with Crippen LogP contribution in [0.2, 0.25) is 0 Å². The number of para-hydroxylation sites is 3. The molecule has 2 aromatic carbocycles. The first kappa shape index (κ1) is 15.1. The summed E-state index contributed by atoms with van der Waals surface area (Å²) in [5.41, 5.74) is 2.13. The minimum Gasteiger partial charge on any atom is -0.493 e. The smallest absolute Gasteiger partial charge is 0.298 e. The van der Waals surface area contributed by atoms with E-state index in [0.717, 1.165) is 16.4 Å². The lowest BCUT2D eigenvalue weighted by Crippen LogP contribution is -2.20. The highest BCUT2D eigenvalue weighted by atomic mass is 16.3. The molecular weight excluding hydrogens is 318 g/mol. The Morgan fingerprint density at radius 1 is 1.12 bits per heavy atom. The normalized spacial score (nSPS) is 11.7. The quantitative estimate of drug-likeness (QED) is 0.554. The lowest BCUT2D eigenvalue weighted by molar-refractivity contribution is 0.459. The fraction of sp³-hybridized carbons (Fsp3) is 0.111. The molecule has 0 saturated heterocycles. The van der Waals surface area contributed by atoms with E-state index in [1.54, 1.807) is 4.57 Å². The van der Waals surface area contributed by atoms with Gasteiger partial charge in [-0.1, -0.05) is 30.3 Å². The molecule has 4 aromatic rings. The van der Waals surface area contributed by atoms with Crippen molar-refractivity contribution in [3.8, 4) is 5.88 Å². The molecular formula is C18H15N5O2. The summed E-state index contributed by atoms with van der Waals surface area (Å²) in [4.78, 5) is 19.7. The van der Waals surface area contributed by atoms with Gasteiger partial charge in [-0.05, 0) is 25.1 Å². The molecule has 0 amide bonds. The number of nitrogens with zero attached hydrogens (tertiary/aromatic N) is 4. The number of azo groups is 1. The van der Waals surface area contributed by atoms with Crippen molar-refractivity contribution in [2.75, 3.05) is 0 Å². The second-order valence-corrected chi connectivity index (χ2v) is 5.54. The van der Waals surface area contributed by atoms with E-state index < -0.39 is 0 Å². The number of nitrogens with one attached hydrogen (secondary N) is 1. The standard InChI is InChI=1S/C18H15N5O2/c1-2-23-14-10-6-5-9-13(14)19-16(18(23)25)22-21-15-11-7-3-4-8-12(11)20-17(15)24/h3-10,20,24H,2H2,1H3. The summed E-state index contributed by atoms with van der Waals surface area (Å²) in [5, 5.41) is 18.9. The van der Waals surface area contributed by atoms with E-state index in [4.69, 9.17) is 0 Å². The van der Waals surface area contributed by atoms with Gasteiger partial charge in [0.05, 0.1) is 16.6 Å². The Bertz CT molecular complexity index is 1170. The molecule has 0 aliphatic rings. The molecule has 0 aliphatic carbocycles. The van der Waals surface area contributed by atoms with Crippen molar-refractivity contribution in [2.24, 2.45) is 10.2 Å². The molecule has 7 nitrogen and oxygen atoms in total. The maximum Gasteiger partial charge on any atom is 0.298 e. The maximum absolute atomic E-state index is 12.6. The van der Waals surface area contributed by atoms with Crippen molar-refractivity contribution >= 4 is 33.4 Å². The fourth-order valence-electron chi connectivity index (χ4n) is 2.87. The predicted molar refractivity (Wildman–Crippen MR) is 95.8 cm³/mol. The summed E-state index contributed by atoms with van der Waals surface area (Å²) in [6.07, 6.45) is 0. The van der Waals surface area contributed by atoms with Gasteiger partial charge in [-0.25, -0.2) is 4.98 Å². The van der Waals surface area contributed by atoms with Crippen LogP contribution in [-0.4, -0.2) is 19.6 Å². The number of H-pyrrole nitrogens is 1. The molecule has 0 spiro atoms. The monoisotopic (exact) mass is 333 g/mol. The van der Waals surface area contributed by atoms with Gasteiger partial charge in [0.2, 0.25) is 11.7 Å². The van der Waals surface area contributed by atoms with Crippen molar-refractivity contribution in [2.45, 2.75) is 13.5 Å². The van der Waals surface area contributed by atoms with Crippen molar-refractivity contribution in [1.29, 1.82) is 0 Å². The van der Waals surface area contributed by atoms with Crippen LogP contribution in [-0.2, 0) is 6.54 Å². The second-order valence-electron chi connectivity index (χ2n) is 5.54. The number of hydrogen-bond donors (Lipinski definition) is 2. The molecule has 4 rings (SSSR count). The van der Waals surface area contributed by atoms with Gasteiger partial charge in [0.15, 0.2) is 5.69 Å². The topological polar surface area (TPSA) is 95.6 Å². The minimum absolute atomic E-state index is 0.00905. The highest BCUT2D eigenvalue weighted by molar-refractivity contribution is 5.94. The van der Waals surface area contributed by atoms with Gasteiger partial charge in [-0.2, -0.15) is 0 Å². The lowest BCUT2D eigenvalue weighted by Gasteiger charge is -2.07. The summed E-state index contributed by atoms with van der Waals surface area (Å²) < 4.78 is 1.60. The van der Waals surface area contributed by atoms with Gasteiger partial charge in [0, 0.05) is 11.9 Å². The minimum atomic E-state index is -0.315. The van der Waals surface area contributed by atoms with Crippen LogP contribution < -0.4 is 5.56 Å². The molecule has 0 saturated carbocycles. The van der Waals surface area contributed by atoms with Crippen LogP contribution in [0.4, 0.5) is 11.5 Å². The van der Waals surface area contributed by atoms with Gasteiger partial charge >= 0.3 is 0 Å². The summed E-state index contributed by atoms with van der Waals surface area (Å²) in [5.74, 6) is -0.105. The molecule has 0 aliphatic heterocycles. The first-order valence-electron chi connectivity index (χ1n) is 7.90. The third-order valence-corrected chi connectivity index (χ3v) is 4.06. The maximum atomic E-state index is 12.6. The molecule has 25 heavy (non-hydrogen) atoms. The van der Waals surface area contributed by atoms with E-state index in [2.05, 4.69) is 20.2 Å². The largest absolute Gasteiger partial charge is 0.493 e. The Morgan fingerprint density at radius 2 is 1.88 bits per heavy atom. The SMILES string of the molecule is CCn1c(=O)c(N=Nc2c(O)[nH]c3ccccc23)nc2ccccc21. The zero-order valence-corrected chi connectivity index (χ0v) is 13.5. The third kappa shape index (κ3) is 2.46. The second kappa shape index (κ2) is 5.86. The molecule has 0 bridgehead atoms. The van der Waals surface area contributed by atoms with Crippen LogP contribution in [0.15, 0.2) is 63.6 Å². The molecule has 2 aromatic heterocycles. The average Bonchev–Trinajstić information content (AvgIpc) is 2.95. The van der Waals surface area contributed by atoms with Gasteiger partial charge in [-0.3, -0.25) is 4.79 Å². The van der Waals surface area contributed by atoms with Gasteiger partial charge in [-0.15, -0.1) is 10.2 Å². The zero-order valence-electron chi connectivity index (χ0n) is 13.5. The van der Waals surface area contributed by atoms with E-state index >= 15 is 0 Å². The number of aromatic nitrogens is 3. The lowest BCUT2D eigenvalue weighted by atomic mass is 10.2. The van der Waals surface area contributed by atoms with Crippen molar-refractivity contribution < 1.29 is 5.11 Å². The van der Waals surface area contributed by atoms with Crippen LogP contribution >= 0.6 is 0 Å². The number of benzene rings is 2. The number of hydrogen-bond acceptors (Lipinski definition) is 5. The Kier molecular flexibility index (Phi) is 3.53. The Labute approximate surface area is 142 Å². The van der Waals surface area contributed by atoms with Gasteiger partial charge in [0.1, 0.15) is 0 Å². The molecule has 7 heteroatoms. The highest BCUT2D eigenvalue weighted by Gasteiger charge is 2.12. The molecule has 0 atom stereocenters. The zero-order chi connectivity index (χ0) is 17.4. The number of aryl methyl sites for hydroxylation is 1. The predicted octanol–water partition coefficient (Wildman–Crippen LogP) is 4.02. The van der Waals surface area contributed by atoms with Crippen molar-refractivity contribution in [1.82, 2.24) is 14.5 Å². The highest BCUT2D eigenvalue weighted by Crippen LogP contribution is 2.35. The first-order valence-corrected chi connectivity index (χ1v) is 7.90. The Morgan fingerprint density at radius 3 is 2.72 bits per heavy atom. The third-order valence-electron chi connectivity index (χ3n) is 4.06. The van der Waals surface area contributed by atoms with Gasteiger partial charge < -0.3 is 14.7 Å². The van der Waals surface area contributed by atoms with E-state index in [0.29, 0.717) is 12.1 Å². The molecule has 124 valence electrons. The van der Waals surface area contributed by atoms with E-state index in [1.807, 2.05) is 55.5 Å². The van der Waals surface area contributed by atoms with E-state index in [1.165, 1.54) is 0 Å². The van der Waals surface area contributed by atoms with Crippen LogP contribution in [0.5, 0.6) is 5.88 Å². The van der Waals surface area contributed by atoms with Gasteiger partial charge in [0.25, 0.3) is 5.56 Å². The molecule has 0 radical (unpaired) electrons. The van der Waals surface area contributed by atoms with Crippen LogP contribution in [0.3, 0.4) is 0 Å². The van der Waals surface area contributed by atoms with E-state index in [-0.39, 0.29) is 22.9 Å². The fourth-order valence-corrected chi connectivity index (χ4v) is 2.87. The molecule has 2 heterocycles. The summed E-state index contributed by atoms with van der Waals surface area (Å²) in [6.45, 7) is 2.39. The molecule has 2 N–H and O–H groups in total. The van der Waals surface area contributed by atoms with Crippen LogP contribution in [0, 0.1) is 0 Å². The van der Waals surface area contributed by atoms with Crippen molar-refractivity contribution in [3.05, 3.63) is 58.9 Å². The van der Waals surface area contributed by atoms with Crippen LogP contribution in [0.25, 0.3) is 21.9 Å². The number of rotatable bonds is 3. The molecule has 0 fully saturated rings. The average molecular weight is 333 g/mol. The number of aromatic amines is 1. The molecule has 0 unspecified atom stereocenters. The number of fused-ring (bicyclic) bond motifs is 2.